The zero-order chi connectivity index (χ0) is 9.97. The third kappa shape index (κ3) is 1.85. The quantitative estimate of drug-likeness (QED) is 0.859. The van der Waals surface area contributed by atoms with E-state index in [1.165, 1.54) is 0 Å². The van der Waals surface area contributed by atoms with Gasteiger partial charge in [-0.15, -0.1) is 0 Å². The Hall–Kier alpha value is -1.56. The maximum absolute atomic E-state index is 5.28. The molecule has 0 saturated carbocycles. The van der Waals surface area contributed by atoms with Gasteiger partial charge in [0.15, 0.2) is 0 Å². The highest BCUT2D eigenvalue weighted by molar-refractivity contribution is 9.10. The average molecular weight is 255 g/mol. The van der Waals surface area contributed by atoms with Crippen LogP contribution in [0.25, 0.3) is 0 Å². The number of hydrogen-bond acceptors (Lipinski definition) is 5. The van der Waals surface area contributed by atoms with Crippen LogP contribution in [0.5, 0.6) is 0 Å². The Morgan fingerprint density at radius 3 is 2.71 bits per heavy atom. The molecule has 1 aromatic carbocycles. The van der Waals surface area contributed by atoms with Crippen LogP contribution < -0.4 is 11.1 Å². The van der Waals surface area contributed by atoms with Gasteiger partial charge in [0.2, 0.25) is 0 Å². The summed E-state index contributed by atoms with van der Waals surface area (Å²) in [7, 11) is 0. The zero-order valence-corrected chi connectivity index (χ0v) is 8.65. The second-order valence-corrected chi connectivity index (χ2v) is 3.40. The summed E-state index contributed by atoms with van der Waals surface area (Å²) in [6.07, 6.45) is 0. The molecule has 1 heterocycles. The Bertz CT molecular complexity index is 442. The topological polar surface area (TPSA) is 77.0 Å². The van der Waals surface area contributed by atoms with Gasteiger partial charge >= 0.3 is 12.0 Å². The number of hydrogen-bond donors (Lipinski definition) is 2. The van der Waals surface area contributed by atoms with Gasteiger partial charge in [-0.2, -0.15) is 0 Å². The van der Waals surface area contributed by atoms with Crippen LogP contribution in [-0.4, -0.2) is 10.2 Å². The summed E-state index contributed by atoms with van der Waals surface area (Å²) in [4.78, 5) is 0. The van der Waals surface area contributed by atoms with Crippen molar-refractivity contribution in [3.8, 4) is 0 Å². The molecular weight excluding hydrogens is 248 g/mol. The first-order chi connectivity index (χ1) is 6.75. The van der Waals surface area contributed by atoms with E-state index >= 15 is 0 Å². The molecule has 2 rings (SSSR count). The predicted octanol–water partition coefficient (Wildman–Crippen LogP) is 2.16. The van der Waals surface area contributed by atoms with Crippen molar-refractivity contribution >= 4 is 33.6 Å². The van der Waals surface area contributed by atoms with Crippen molar-refractivity contribution < 1.29 is 4.42 Å². The van der Waals surface area contributed by atoms with Crippen molar-refractivity contribution in [2.45, 2.75) is 0 Å². The average Bonchev–Trinajstić information content (AvgIpc) is 2.56. The van der Waals surface area contributed by atoms with Crippen LogP contribution in [0.3, 0.4) is 0 Å². The van der Waals surface area contributed by atoms with Gasteiger partial charge < -0.3 is 15.5 Å². The Kier molecular flexibility index (Phi) is 2.36. The molecule has 5 nitrogen and oxygen atoms in total. The molecule has 0 fully saturated rings. The van der Waals surface area contributed by atoms with E-state index in [2.05, 4.69) is 31.4 Å². The smallest absolute Gasteiger partial charge is 0.321 e. The summed E-state index contributed by atoms with van der Waals surface area (Å²) in [5.41, 5.74) is 6.12. The lowest BCUT2D eigenvalue weighted by molar-refractivity contribution is 0.593. The van der Waals surface area contributed by atoms with Crippen molar-refractivity contribution in [3.63, 3.8) is 0 Å². The highest BCUT2D eigenvalue weighted by Gasteiger charge is 2.04. The van der Waals surface area contributed by atoms with E-state index < -0.39 is 0 Å². The molecule has 0 bridgehead atoms. The molecule has 1 aromatic heterocycles. The molecule has 0 atom stereocenters. The molecule has 0 unspecified atom stereocenters. The monoisotopic (exact) mass is 254 g/mol. The van der Waals surface area contributed by atoms with E-state index in [1.54, 1.807) is 0 Å². The molecule has 0 aliphatic rings. The second kappa shape index (κ2) is 3.67. The summed E-state index contributed by atoms with van der Waals surface area (Å²) in [6.45, 7) is 0. The largest absolute Gasteiger partial charge is 0.389 e. The van der Waals surface area contributed by atoms with Crippen molar-refractivity contribution in [1.82, 2.24) is 10.2 Å². The van der Waals surface area contributed by atoms with E-state index in [0.717, 1.165) is 10.2 Å². The summed E-state index contributed by atoms with van der Waals surface area (Å²) in [5, 5.41) is 10.1. The molecule has 0 aliphatic carbocycles. The van der Waals surface area contributed by atoms with Crippen LogP contribution in [-0.2, 0) is 0 Å². The Balaban J connectivity index is 2.23. The number of halogens is 1. The van der Waals surface area contributed by atoms with Gasteiger partial charge in [0.1, 0.15) is 0 Å². The summed E-state index contributed by atoms with van der Waals surface area (Å²) in [6, 6.07) is 7.91. The minimum Gasteiger partial charge on any atom is -0.389 e. The zero-order valence-electron chi connectivity index (χ0n) is 7.07. The standard InChI is InChI=1S/C8H7BrN4O/c9-5-3-1-2-4-6(5)11-8-13-12-7(10)14-8/h1-4H,(H2,10,12)(H,11,13). The fourth-order valence-electron chi connectivity index (χ4n) is 0.963. The van der Waals surface area contributed by atoms with Crippen LogP contribution in [0.2, 0.25) is 0 Å². The van der Waals surface area contributed by atoms with Gasteiger partial charge in [0.25, 0.3) is 0 Å². The van der Waals surface area contributed by atoms with Crippen molar-refractivity contribution in [2.75, 3.05) is 11.1 Å². The van der Waals surface area contributed by atoms with Crippen LogP contribution >= 0.6 is 15.9 Å². The fourth-order valence-corrected chi connectivity index (χ4v) is 1.35. The first-order valence-electron chi connectivity index (χ1n) is 3.86. The first-order valence-corrected chi connectivity index (χ1v) is 4.65. The van der Waals surface area contributed by atoms with Crippen LogP contribution in [0.4, 0.5) is 17.7 Å². The SMILES string of the molecule is Nc1nnc(Nc2ccccc2Br)o1. The maximum Gasteiger partial charge on any atom is 0.321 e. The summed E-state index contributed by atoms with van der Waals surface area (Å²) >= 11 is 3.38. The molecule has 6 heteroatoms. The van der Waals surface area contributed by atoms with Gasteiger partial charge in [-0.05, 0) is 28.1 Å². The molecule has 0 radical (unpaired) electrons. The van der Waals surface area contributed by atoms with Crippen LogP contribution in [0.1, 0.15) is 0 Å². The lowest BCUT2D eigenvalue weighted by Gasteiger charge is -2.02. The summed E-state index contributed by atoms with van der Waals surface area (Å²) in [5.74, 6) is 0. The van der Waals surface area contributed by atoms with Gasteiger partial charge in [0.05, 0.1) is 5.69 Å². The number of aromatic nitrogens is 2. The lowest BCUT2D eigenvalue weighted by atomic mass is 10.3. The Morgan fingerprint density at radius 2 is 2.07 bits per heavy atom. The second-order valence-electron chi connectivity index (χ2n) is 2.55. The number of nitrogens with one attached hydrogen (secondary N) is 1. The van der Waals surface area contributed by atoms with Crippen LogP contribution in [0.15, 0.2) is 33.2 Å². The predicted molar refractivity (Wildman–Crippen MR) is 56.1 cm³/mol. The molecule has 0 aliphatic heterocycles. The third-order valence-electron chi connectivity index (χ3n) is 1.56. The molecule has 0 spiro atoms. The minimum absolute atomic E-state index is 0.0413. The van der Waals surface area contributed by atoms with Gasteiger partial charge in [-0.25, -0.2) is 0 Å². The minimum atomic E-state index is 0.0413. The molecular formula is C8H7BrN4O. The number of anilines is 3. The number of benzene rings is 1. The fraction of sp³-hybridized carbons (Fsp3) is 0. The lowest BCUT2D eigenvalue weighted by Crippen LogP contribution is -1.90. The number of para-hydroxylation sites is 1. The van der Waals surface area contributed by atoms with E-state index in [1.807, 2.05) is 24.3 Å². The van der Waals surface area contributed by atoms with Crippen LogP contribution in [0, 0.1) is 0 Å². The van der Waals surface area contributed by atoms with E-state index in [-0.39, 0.29) is 12.0 Å². The molecule has 2 aromatic rings. The van der Waals surface area contributed by atoms with Crippen molar-refractivity contribution in [3.05, 3.63) is 28.7 Å². The number of nitrogen functional groups attached to an aromatic ring is 1. The van der Waals surface area contributed by atoms with Crippen molar-refractivity contribution in [1.29, 1.82) is 0 Å². The van der Waals surface area contributed by atoms with E-state index in [4.69, 9.17) is 10.2 Å². The van der Waals surface area contributed by atoms with Gasteiger partial charge in [-0.1, -0.05) is 22.3 Å². The molecule has 14 heavy (non-hydrogen) atoms. The van der Waals surface area contributed by atoms with E-state index in [9.17, 15) is 0 Å². The molecule has 0 amide bonds. The molecule has 72 valence electrons. The Labute approximate surface area is 88.4 Å². The number of nitrogens with zero attached hydrogens (tertiary/aromatic N) is 2. The highest BCUT2D eigenvalue weighted by Crippen LogP contribution is 2.24. The van der Waals surface area contributed by atoms with Gasteiger partial charge in [-0.3, -0.25) is 0 Å². The van der Waals surface area contributed by atoms with E-state index in [0.29, 0.717) is 0 Å². The molecule has 0 saturated heterocycles. The van der Waals surface area contributed by atoms with Gasteiger partial charge in [0, 0.05) is 4.47 Å². The number of rotatable bonds is 2. The Morgan fingerprint density at radius 1 is 1.29 bits per heavy atom. The first kappa shape index (κ1) is 9.01. The highest BCUT2D eigenvalue weighted by atomic mass is 79.9. The summed E-state index contributed by atoms with van der Waals surface area (Å²) < 4.78 is 5.88. The maximum atomic E-state index is 5.28. The normalized spacial score (nSPS) is 10.1. The number of nitrogens with two attached hydrogens (primary N) is 1. The molecule has 3 N–H and O–H groups in total. The van der Waals surface area contributed by atoms with Crippen molar-refractivity contribution in [2.24, 2.45) is 0 Å². The third-order valence-corrected chi connectivity index (χ3v) is 2.25.